The summed E-state index contributed by atoms with van der Waals surface area (Å²) in [4.78, 5) is 39.1. The molecule has 1 fully saturated rings. The summed E-state index contributed by atoms with van der Waals surface area (Å²) in [6.45, 7) is 3.36. The van der Waals surface area contributed by atoms with Gasteiger partial charge in [-0.25, -0.2) is 4.39 Å². The summed E-state index contributed by atoms with van der Waals surface area (Å²) in [6, 6.07) is 8.60. The molecular weight excluding hydrogens is 407 g/mol. The van der Waals surface area contributed by atoms with Crippen molar-refractivity contribution in [2.24, 2.45) is 0 Å². The molecule has 1 aliphatic heterocycles. The predicted octanol–water partition coefficient (Wildman–Crippen LogP) is 2.45. The quantitative estimate of drug-likeness (QED) is 0.558. The monoisotopic (exact) mass is 430 g/mol. The van der Waals surface area contributed by atoms with Crippen molar-refractivity contribution in [2.75, 3.05) is 45.2 Å². The van der Waals surface area contributed by atoms with Gasteiger partial charge in [0.05, 0.1) is 24.6 Å². The van der Waals surface area contributed by atoms with Crippen molar-refractivity contribution in [3.63, 3.8) is 0 Å². The standard InChI is InChI=1S/C21H23FN4O5/c1-14-3-4-15(11-17(14)22)21(28)25-9-7-24(8-10-25)13-20(27)23-18-6-5-16(31-2)12-19(18)26(29)30/h3-6,11-12H,7-10,13H2,1-2H3,(H,23,27). The molecule has 164 valence electrons. The van der Waals surface area contributed by atoms with Crippen LogP contribution < -0.4 is 10.1 Å². The number of carbonyl (C=O) groups excluding carboxylic acids is 2. The van der Waals surface area contributed by atoms with E-state index in [0.29, 0.717) is 43.1 Å². The smallest absolute Gasteiger partial charge is 0.296 e. The van der Waals surface area contributed by atoms with Gasteiger partial charge in [-0.05, 0) is 36.8 Å². The Morgan fingerprint density at radius 3 is 2.48 bits per heavy atom. The van der Waals surface area contributed by atoms with E-state index in [1.165, 1.54) is 31.4 Å². The first-order chi connectivity index (χ1) is 14.8. The van der Waals surface area contributed by atoms with Gasteiger partial charge < -0.3 is 15.0 Å². The molecular formula is C21H23FN4O5. The third-order valence-corrected chi connectivity index (χ3v) is 5.12. The van der Waals surface area contributed by atoms with Crippen molar-refractivity contribution >= 4 is 23.2 Å². The summed E-state index contributed by atoms with van der Waals surface area (Å²) < 4.78 is 18.7. The highest BCUT2D eigenvalue weighted by Crippen LogP contribution is 2.28. The normalized spacial score (nSPS) is 14.2. The van der Waals surface area contributed by atoms with Gasteiger partial charge >= 0.3 is 0 Å². The minimum Gasteiger partial charge on any atom is -0.496 e. The Balaban J connectivity index is 1.55. The molecule has 0 saturated carbocycles. The van der Waals surface area contributed by atoms with Gasteiger partial charge in [0.2, 0.25) is 5.91 Å². The molecule has 1 aliphatic rings. The number of anilines is 1. The number of aryl methyl sites for hydroxylation is 1. The van der Waals surface area contributed by atoms with Crippen LogP contribution >= 0.6 is 0 Å². The Kier molecular flexibility index (Phi) is 6.81. The number of nitrogens with one attached hydrogen (secondary N) is 1. The van der Waals surface area contributed by atoms with Crippen LogP contribution in [-0.4, -0.2) is 66.4 Å². The van der Waals surface area contributed by atoms with Gasteiger partial charge in [-0.15, -0.1) is 0 Å². The maximum Gasteiger partial charge on any atom is 0.296 e. The highest BCUT2D eigenvalue weighted by atomic mass is 19.1. The summed E-state index contributed by atoms with van der Waals surface area (Å²) in [7, 11) is 1.40. The number of rotatable bonds is 6. The molecule has 2 amide bonds. The van der Waals surface area contributed by atoms with Gasteiger partial charge in [0.25, 0.3) is 11.6 Å². The van der Waals surface area contributed by atoms with E-state index >= 15 is 0 Å². The van der Waals surface area contributed by atoms with E-state index in [1.807, 2.05) is 4.90 Å². The summed E-state index contributed by atoms with van der Waals surface area (Å²) in [6.07, 6.45) is 0. The number of halogens is 1. The van der Waals surface area contributed by atoms with Crippen LogP contribution in [0.4, 0.5) is 15.8 Å². The largest absolute Gasteiger partial charge is 0.496 e. The number of hydrogen-bond donors (Lipinski definition) is 1. The second-order valence-electron chi connectivity index (χ2n) is 7.22. The number of benzene rings is 2. The van der Waals surface area contributed by atoms with Crippen LogP contribution in [0.15, 0.2) is 36.4 Å². The van der Waals surface area contributed by atoms with Crippen LogP contribution in [0.25, 0.3) is 0 Å². The molecule has 31 heavy (non-hydrogen) atoms. The number of amides is 2. The third kappa shape index (κ3) is 5.34. The molecule has 2 aromatic rings. The Morgan fingerprint density at radius 1 is 1.16 bits per heavy atom. The van der Waals surface area contributed by atoms with Gasteiger partial charge in [0.15, 0.2) is 0 Å². The lowest BCUT2D eigenvalue weighted by atomic mass is 10.1. The molecule has 0 atom stereocenters. The van der Waals surface area contributed by atoms with Gasteiger partial charge in [0, 0.05) is 31.7 Å². The van der Waals surface area contributed by atoms with Crippen molar-refractivity contribution in [2.45, 2.75) is 6.92 Å². The Morgan fingerprint density at radius 2 is 1.87 bits per heavy atom. The van der Waals surface area contributed by atoms with Crippen LogP contribution in [-0.2, 0) is 4.79 Å². The van der Waals surface area contributed by atoms with E-state index in [9.17, 15) is 24.1 Å². The minimum atomic E-state index is -0.587. The molecule has 3 rings (SSSR count). The fourth-order valence-corrected chi connectivity index (χ4v) is 3.31. The van der Waals surface area contributed by atoms with Gasteiger partial charge in [0.1, 0.15) is 17.3 Å². The number of nitrogens with zero attached hydrogens (tertiary/aromatic N) is 3. The van der Waals surface area contributed by atoms with Crippen LogP contribution in [0.2, 0.25) is 0 Å². The number of nitro groups is 1. The maximum absolute atomic E-state index is 13.7. The average Bonchev–Trinajstić information content (AvgIpc) is 2.75. The number of piperazine rings is 1. The van der Waals surface area contributed by atoms with Gasteiger partial charge in [-0.3, -0.25) is 24.6 Å². The van der Waals surface area contributed by atoms with E-state index in [1.54, 1.807) is 24.0 Å². The third-order valence-electron chi connectivity index (χ3n) is 5.12. The second-order valence-corrected chi connectivity index (χ2v) is 7.22. The van der Waals surface area contributed by atoms with Gasteiger partial charge in [-0.2, -0.15) is 0 Å². The van der Waals surface area contributed by atoms with Crippen molar-refractivity contribution < 1.29 is 23.6 Å². The average molecular weight is 430 g/mol. The van der Waals surface area contributed by atoms with Crippen LogP contribution in [0.5, 0.6) is 5.75 Å². The summed E-state index contributed by atoms with van der Waals surface area (Å²) in [5.41, 5.74) is 0.602. The lowest BCUT2D eigenvalue weighted by molar-refractivity contribution is -0.384. The van der Waals surface area contributed by atoms with Crippen molar-refractivity contribution in [3.05, 3.63) is 63.5 Å². The van der Waals surface area contributed by atoms with Crippen LogP contribution in [0, 0.1) is 22.9 Å². The van der Waals surface area contributed by atoms with Crippen molar-refractivity contribution in [1.29, 1.82) is 0 Å². The lowest BCUT2D eigenvalue weighted by Crippen LogP contribution is -2.50. The summed E-state index contributed by atoms with van der Waals surface area (Å²) in [5, 5.41) is 13.8. The zero-order chi connectivity index (χ0) is 22.5. The predicted molar refractivity (Wildman–Crippen MR) is 112 cm³/mol. The molecule has 1 saturated heterocycles. The van der Waals surface area contributed by atoms with Gasteiger partial charge in [-0.1, -0.05) is 6.07 Å². The SMILES string of the molecule is COc1ccc(NC(=O)CN2CCN(C(=O)c3ccc(C)c(F)c3)CC2)c([N+](=O)[O-])c1. The summed E-state index contributed by atoms with van der Waals surface area (Å²) >= 11 is 0. The Bertz CT molecular complexity index is 1010. The van der Waals surface area contributed by atoms with Crippen molar-refractivity contribution in [3.8, 4) is 5.75 Å². The first-order valence-corrected chi connectivity index (χ1v) is 9.68. The number of ether oxygens (including phenoxy) is 1. The van der Waals surface area contributed by atoms with Crippen LogP contribution in [0.3, 0.4) is 0 Å². The molecule has 1 N–H and O–H groups in total. The zero-order valence-electron chi connectivity index (χ0n) is 17.3. The molecule has 2 aromatic carbocycles. The molecule has 10 heteroatoms. The fourth-order valence-electron chi connectivity index (χ4n) is 3.31. The number of hydrogen-bond acceptors (Lipinski definition) is 6. The Labute approximate surface area is 178 Å². The first kappa shape index (κ1) is 22.2. The maximum atomic E-state index is 13.7. The molecule has 0 spiro atoms. The van der Waals surface area contributed by atoms with Crippen LogP contribution in [0.1, 0.15) is 15.9 Å². The van der Waals surface area contributed by atoms with E-state index in [-0.39, 0.29) is 23.8 Å². The fraction of sp³-hybridized carbons (Fsp3) is 0.333. The highest BCUT2D eigenvalue weighted by molar-refractivity contribution is 5.95. The first-order valence-electron chi connectivity index (χ1n) is 9.68. The molecule has 1 heterocycles. The molecule has 0 unspecified atom stereocenters. The van der Waals surface area contributed by atoms with E-state index in [4.69, 9.17) is 4.74 Å². The van der Waals surface area contributed by atoms with E-state index in [2.05, 4.69) is 5.32 Å². The molecule has 0 aliphatic carbocycles. The molecule has 9 nitrogen and oxygen atoms in total. The zero-order valence-corrected chi connectivity index (χ0v) is 17.3. The van der Waals surface area contributed by atoms with Crippen molar-refractivity contribution in [1.82, 2.24) is 9.80 Å². The topological polar surface area (TPSA) is 105 Å². The van der Waals surface area contributed by atoms with E-state index < -0.39 is 16.6 Å². The Hall–Kier alpha value is -3.53. The molecule has 0 bridgehead atoms. The summed E-state index contributed by atoms with van der Waals surface area (Å²) in [5.74, 6) is -0.752. The number of nitro benzene ring substituents is 1. The number of methoxy groups -OCH3 is 1. The molecule has 0 aromatic heterocycles. The second kappa shape index (κ2) is 9.52. The highest BCUT2D eigenvalue weighted by Gasteiger charge is 2.24. The number of carbonyl (C=O) groups is 2. The molecule has 0 radical (unpaired) electrons. The minimum absolute atomic E-state index is 0.0321. The van der Waals surface area contributed by atoms with E-state index in [0.717, 1.165) is 0 Å². The lowest BCUT2D eigenvalue weighted by Gasteiger charge is -2.34.